The second kappa shape index (κ2) is 5.87. The number of nitrogens with zero attached hydrogens (tertiary/aromatic N) is 4. The lowest BCUT2D eigenvalue weighted by Crippen LogP contribution is -2.50. The first kappa shape index (κ1) is 15.6. The molecule has 0 spiro atoms. The van der Waals surface area contributed by atoms with Gasteiger partial charge in [0.2, 0.25) is 0 Å². The quantitative estimate of drug-likeness (QED) is 0.789. The number of hydrogen-bond acceptors (Lipinski definition) is 4. The lowest BCUT2D eigenvalue weighted by molar-refractivity contribution is -0.0901. The summed E-state index contributed by atoms with van der Waals surface area (Å²) < 4.78 is 27.6. The second-order valence-corrected chi connectivity index (χ2v) is 6.24. The molecule has 0 aliphatic heterocycles. The highest BCUT2D eigenvalue weighted by molar-refractivity contribution is 5.96. The molecule has 1 aliphatic rings. The molecule has 1 N–H and O–H groups in total. The summed E-state index contributed by atoms with van der Waals surface area (Å²) >= 11 is 0. The molecule has 3 aromatic heterocycles. The van der Waals surface area contributed by atoms with Gasteiger partial charge in [0.1, 0.15) is 5.52 Å². The molecule has 0 bridgehead atoms. The Morgan fingerprint density at radius 2 is 2.16 bits per heavy atom. The molecule has 0 unspecified atom stereocenters. The van der Waals surface area contributed by atoms with Gasteiger partial charge in [0.05, 0.1) is 18.4 Å². The van der Waals surface area contributed by atoms with E-state index in [1.807, 2.05) is 16.7 Å². The van der Waals surface area contributed by atoms with E-state index in [1.165, 1.54) is 6.20 Å². The lowest BCUT2D eigenvalue weighted by Gasteiger charge is -2.35. The topological polar surface area (TPSA) is 72.7 Å². The van der Waals surface area contributed by atoms with Crippen molar-refractivity contribution in [2.45, 2.75) is 31.4 Å². The van der Waals surface area contributed by atoms with Crippen molar-refractivity contribution in [2.24, 2.45) is 0 Å². The fourth-order valence-electron chi connectivity index (χ4n) is 2.91. The van der Waals surface area contributed by atoms with Crippen molar-refractivity contribution >= 4 is 17.1 Å². The maximum Gasteiger partial charge on any atom is 0.253 e. The van der Waals surface area contributed by atoms with Crippen molar-refractivity contribution in [3.05, 3.63) is 54.2 Å². The molecule has 0 radical (unpaired) electrons. The van der Waals surface area contributed by atoms with Crippen LogP contribution in [-0.2, 0) is 6.54 Å². The Labute approximate surface area is 141 Å². The van der Waals surface area contributed by atoms with Gasteiger partial charge in [-0.2, -0.15) is 0 Å². The summed E-state index contributed by atoms with van der Waals surface area (Å²) in [5.74, 6) is -3.07. The molecule has 8 heteroatoms. The van der Waals surface area contributed by atoms with Gasteiger partial charge < -0.3 is 9.88 Å². The molecule has 0 saturated heterocycles. The highest BCUT2D eigenvalue weighted by Crippen LogP contribution is 2.37. The van der Waals surface area contributed by atoms with Gasteiger partial charge in [0.15, 0.2) is 5.65 Å². The highest BCUT2D eigenvalue weighted by atomic mass is 19.3. The molecular weight excluding hydrogens is 328 g/mol. The van der Waals surface area contributed by atoms with Crippen molar-refractivity contribution in [3.8, 4) is 0 Å². The second-order valence-electron chi connectivity index (χ2n) is 6.24. The Morgan fingerprint density at radius 1 is 1.32 bits per heavy atom. The Morgan fingerprint density at radius 3 is 2.88 bits per heavy atom. The molecule has 1 aliphatic carbocycles. The molecule has 1 saturated carbocycles. The lowest BCUT2D eigenvalue weighted by atomic mass is 9.88. The summed E-state index contributed by atoms with van der Waals surface area (Å²) in [5, 5.41) is 2.60. The molecule has 25 heavy (non-hydrogen) atoms. The van der Waals surface area contributed by atoms with Gasteiger partial charge in [0, 0.05) is 37.5 Å². The van der Waals surface area contributed by atoms with Crippen molar-refractivity contribution in [3.63, 3.8) is 0 Å². The smallest absolute Gasteiger partial charge is 0.253 e. The average molecular weight is 343 g/mol. The predicted octanol–water partition coefficient (Wildman–Crippen LogP) is 2.40. The Balaban J connectivity index is 1.50. The molecule has 3 aromatic rings. The Hall–Kier alpha value is -2.90. The molecular formula is C17H15F2N5O. The average Bonchev–Trinajstić information content (AvgIpc) is 2.96. The molecule has 128 valence electrons. The molecule has 1 fully saturated rings. The van der Waals surface area contributed by atoms with E-state index in [0.717, 1.165) is 5.56 Å². The number of rotatable bonds is 4. The molecule has 0 aromatic carbocycles. The third-order valence-corrected chi connectivity index (χ3v) is 4.22. The maximum atomic E-state index is 12.9. The zero-order valence-corrected chi connectivity index (χ0v) is 13.2. The van der Waals surface area contributed by atoms with E-state index in [9.17, 15) is 13.6 Å². The van der Waals surface area contributed by atoms with Crippen LogP contribution in [0.25, 0.3) is 11.2 Å². The molecule has 4 rings (SSSR count). The Kier molecular flexibility index (Phi) is 3.67. The summed E-state index contributed by atoms with van der Waals surface area (Å²) in [6, 6.07) is 4.94. The number of carbonyl (C=O) groups excluding carboxylic acids is 1. The van der Waals surface area contributed by atoms with E-state index < -0.39 is 17.9 Å². The van der Waals surface area contributed by atoms with E-state index in [2.05, 4.69) is 20.3 Å². The molecule has 0 atom stereocenters. The molecule has 3 heterocycles. The Bertz CT molecular complexity index is 917. The third kappa shape index (κ3) is 3.19. The number of amides is 1. The number of carbonyl (C=O) groups is 1. The standard InChI is InChI=1S/C17H15F2N5O/c18-17(19)5-13(6-17)23-16(25)12-4-14-15(21-8-12)24(10-22-14)9-11-2-1-3-20-7-11/h1-4,7-8,10,13H,5-6,9H2,(H,23,25). The highest BCUT2D eigenvalue weighted by Gasteiger charge is 2.45. The van der Waals surface area contributed by atoms with Crippen molar-refractivity contribution in [1.82, 2.24) is 24.8 Å². The molecule has 6 nitrogen and oxygen atoms in total. The van der Waals surface area contributed by atoms with Crippen molar-refractivity contribution < 1.29 is 13.6 Å². The fraction of sp³-hybridized carbons (Fsp3) is 0.294. The number of aromatic nitrogens is 4. The third-order valence-electron chi connectivity index (χ3n) is 4.22. The van der Waals surface area contributed by atoms with Crippen LogP contribution in [-0.4, -0.2) is 37.4 Å². The number of alkyl halides is 2. The van der Waals surface area contributed by atoms with E-state index in [1.54, 1.807) is 24.8 Å². The first-order chi connectivity index (χ1) is 12.0. The van der Waals surface area contributed by atoms with E-state index >= 15 is 0 Å². The van der Waals surface area contributed by atoms with Gasteiger partial charge in [-0.25, -0.2) is 18.7 Å². The number of pyridine rings is 2. The monoisotopic (exact) mass is 343 g/mol. The van der Waals surface area contributed by atoms with Crippen LogP contribution in [0.3, 0.4) is 0 Å². The maximum absolute atomic E-state index is 12.9. The van der Waals surface area contributed by atoms with Gasteiger partial charge in [0.25, 0.3) is 11.8 Å². The first-order valence-electron chi connectivity index (χ1n) is 7.89. The SMILES string of the molecule is O=C(NC1CC(F)(F)C1)c1cnc2c(c1)ncn2Cc1cccnc1. The van der Waals surface area contributed by atoms with Crippen LogP contribution in [0.2, 0.25) is 0 Å². The number of nitrogens with one attached hydrogen (secondary N) is 1. The van der Waals surface area contributed by atoms with Crippen LogP contribution in [0, 0.1) is 0 Å². The van der Waals surface area contributed by atoms with Gasteiger partial charge in [-0.3, -0.25) is 9.78 Å². The number of halogens is 2. The van der Waals surface area contributed by atoms with Crippen LogP contribution in [0.15, 0.2) is 43.1 Å². The summed E-state index contributed by atoms with van der Waals surface area (Å²) in [5.41, 5.74) is 2.55. The van der Waals surface area contributed by atoms with E-state index in [4.69, 9.17) is 0 Å². The summed E-state index contributed by atoms with van der Waals surface area (Å²) in [7, 11) is 0. The normalized spacial score (nSPS) is 16.6. The minimum absolute atomic E-state index is 0.311. The zero-order valence-electron chi connectivity index (χ0n) is 13.2. The van der Waals surface area contributed by atoms with Crippen molar-refractivity contribution in [1.29, 1.82) is 0 Å². The van der Waals surface area contributed by atoms with Gasteiger partial charge in [-0.1, -0.05) is 6.07 Å². The van der Waals surface area contributed by atoms with E-state index in [0.29, 0.717) is 23.3 Å². The zero-order chi connectivity index (χ0) is 17.4. The predicted molar refractivity (Wildman–Crippen MR) is 86.3 cm³/mol. The van der Waals surface area contributed by atoms with Gasteiger partial charge in [-0.15, -0.1) is 0 Å². The van der Waals surface area contributed by atoms with Crippen LogP contribution in [0.1, 0.15) is 28.8 Å². The van der Waals surface area contributed by atoms with Crippen LogP contribution < -0.4 is 5.32 Å². The van der Waals surface area contributed by atoms with Gasteiger partial charge in [-0.05, 0) is 17.7 Å². The largest absolute Gasteiger partial charge is 0.349 e. The summed E-state index contributed by atoms with van der Waals surface area (Å²) in [6.07, 6.45) is 5.94. The summed E-state index contributed by atoms with van der Waals surface area (Å²) in [6.45, 7) is 0.569. The van der Waals surface area contributed by atoms with E-state index in [-0.39, 0.29) is 12.8 Å². The number of hydrogen-bond donors (Lipinski definition) is 1. The van der Waals surface area contributed by atoms with Gasteiger partial charge >= 0.3 is 0 Å². The van der Waals surface area contributed by atoms with Crippen LogP contribution >= 0.6 is 0 Å². The minimum Gasteiger partial charge on any atom is -0.349 e. The van der Waals surface area contributed by atoms with Crippen molar-refractivity contribution in [2.75, 3.05) is 0 Å². The minimum atomic E-state index is -2.66. The molecule has 1 amide bonds. The number of fused-ring (bicyclic) bond motifs is 1. The summed E-state index contributed by atoms with van der Waals surface area (Å²) in [4.78, 5) is 24.8. The fourth-order valence-corrected chi connectivity index (χ4v) is 2.91. The number of imidazole rings is 1. The van der Waals surface area contributed by atoms with Crippen LogP contribution in [0.4, 0.5) is 8.78 Å². The first-order valence-corrected chi connectivity index (χ1v) is 7.89. The van der Waals surface area contributed by atoms with Crippen LogP contribution in [0.5, 0.6) is 0 Å².